The van der Waals surface area contributed by atoms with Crippen LogP contribution in [0.1, 0.15) is 18.4 Å². The molecule has 1 aliphatic rings. The fourth-order valence-corrected chi connectivity index (χ4v) is 4.09. The van der Waals surface area contributed by atoms with Gasteiger partial charge in [-0.1, -0.05) is 11.2 Å². The van der Waals surface area contributed by atoms with E-state index in [1.165, 1.54) is 0 Å². The number of rotatable bonds is 9. The monoisotopic (exact) mass is 466 g/mol. The van der Waals surface area contributed by atoms with Gasteiger partial charge in [-0.15, -0.1) is 0 Å². The molecule has 0 unspecified atom stereocenters. The van der Waals surface area contributed by atoms with Crippen LogP contribution in [0.15, 0.2) is 47.0 Å². The summed E-state index contributed by atoms with van der Waals surface area (Å²) in [4.78, 5) is 19.4. The Morgan fingerprint density at radius 2 is 1.85 bits per heavy atom. The third kappa shape index (κ3) is 5.41. The smallest absolute Gasteiger partial charge is 0.324 e. The van der Waals surface area contributed by atoms with Crippen LogP contribution >= 0.6 is 0 Å². The molecule has 2 heterocycles. The van der Waals surface area contributed by atoms with E-state index >= 15 is 0 Å². The number of ether oxygens (including phenoxy) is 3. The number of carbonyl (C=O) groups excluding carboxylic acids is 1. The van der Waals surface area contributed by atoms with E-state index in [4.69, 9.17) is 18.7 Å². The average Bonchev–Trinajstić information content (AvgIpc) is 3.39. The van der Waals surface area contributed by atoms with Gasteiger partial charge in [0.2, 0.25) is 11.7 Å². The number of aromatic nitrogens is 2. The molecule has 180 valence electrons. The molecular weight excluding hydrogens is 436 g/mol. The number of anilines is 1. The quantitative estimate of drug-likeness (QED) is 0.513. The molecule has 3 aromatic rings. The van der Waals surface area contributed by atoms with Crippen molar-refractivity contribution < 1.29 is 23.5 Å². The topological polar surface area (TPSA) is 99.0 Å². The van der Waals surface area contributed by atoms with Gasteiger partial charge in [-0.2, -0.15) is 4.98 Å². The number of benzene rings is 2. The molecule has 1 aromatic heterocycles. The van der Waals surface area contributed by atoms with E-state index in [9.17, 15) is 4.79 Å². The molecular formula is C25H30N4O5. The number of hydrogen-bond donors (Lipinski definition) is 1. The maximum atomic E-state index is 12.8. The van der Waals surface area contributed by atoms with Crippen LogP contribution in [0.2, 0.25) is 0 Å². The van der Waals surface area contributed by atoms with Gasteiger partial charge in [0.1, 0.15) is 17.2 Å². The van der Waals surface area contributed by atoms with E-state index in [0.29, 0.717) is 31.3 Å². The molecule has 1 atom stereocenters. The Morgan fingerprint density at radius 3 is 2.59 bits per heavy atom. The van der Waals surface area contributed by atoms with Crippen LogP contribution in [0.25, 0.3) is 11.4 Å². The van der Waals surface area contributed by atoms with E-state index < -0.39 is 0 Å². The highest BCUT2D eigenvalue weighted by molar-refractivity contribution is 5.79. The SMILES string of the molecule is COc1ccc(-c2noc(N3CCC[C@H](C(=O)NCCc4ccc(OC)cc4OC)C3)n2)cc1. The van der Waals surface area contributed by atoms with Gasteiger partial charge in [0.05, 0.1) is 27.2 Å². The number of nitrogens with zero attached hydrogens (tertiary/aromatic N) is 3. The summed E-state index contributed by atoms with van der Waals surface area (Å²) >= 11 is 0. The minimum atomic E-state index is -0.136. The van der Waals surface area contributed by atoms with Crippen LogP contribution in [-0.4, -0.2) is 57.0 Å². The van der Waals surface area contributed by atoms with Gasteiger partial charge in [-0.05, 0) is 55.2 Å². The second-order valence-electron chi connectivity index (χ2n) is 8.13. The molecule has 1 fully saturated rings. The van der Waals surface area contributed by atoms with Crippen molar-refractivity contribution in [2.75, 3.05) is 45.9 Å². The van der Waals surface area contributed by atoms with Crippen molar-refractivity contribution in [1.82, 2.24) is 15.5 Å². The Kier molecular flexibility index (Phi) is 7.51. The Balaban J connectivity index is 1.32. The van der Waals surface area contributed by atoms with Crippen molar-refractivity contribution in [3.8, 4) is 28.6 Å². The third-order valence-electron chi connectivity index (χ3n) is 6.01. The molecule has 0 radical (unpaired) electrons. The number of carbonyl (C=O) groups is 1. The molecule has 1 saturated heterocycles. The van der Waals surface area contributed by atoms with Crippen molar-refractivity contribution in [1.29, 1.82) is 0 Å². The molecule has 9 heteroatoms. The van der Waals surface area contributed by atoms with Crippen molar-refractivity contribution in [2.45, 2.75) is 19.3 Å². The summed E-state index contributed by atoms with van der Waals surface area (Å²) in [6, 6.07) is 13.6. The van der Waals surface area contributed by atoms with Crippen molar-refractivity contribution in [3.63, 3.8) is 0 Å². The van der Waals surface area contributed by atoms with Crippen LogP contribution < -0.4 is 24.4 Å². The molecule has 1 aliphatic heterocycles. The highest BCUT2D eigenvalue weighted by Crippen LogP contribution is 2.27. The van der Waals surface area contributed by atoms with Crippen LogP contribution in [0.4, 0.5) is 6.01 Å². The molecule has 1 N–H and O–H groups in total. The Morgan fingerprint density at radius 1 is 1.09 bits per heavy atom. The van der Waals surface area contributed by atoms with E-state index in [-0.39, 0.29) is 11.8 Å². The molecule has 0 spiro atoms. The van der Waals surface area contributed by atoms with Gasteiger partial charge < -0.3 is 29.0 Å². The Hall–Kier alpha value is -3.75. The second kappa shape index (κ2) is 10.9. The van der Waals surface area contributed by atoms with Gasteiger partial charge >= 0.3 is 6.01 Å². The van der Waals surface area contributed by atoms with Crippen LogP contribution in [0.3, 0.4) is 0 Å². The fourth-order valence-electron chi connectivity index (χ4n) is 4.09. The molecule has 4 rings (SSSR count). The summed E-state index contributed by atoms with van der Waals surface area (Å²) in [5.41, 5.74) is 1.86. The van der Waals surface area contributed by atoms with Gasteiger partial charge in [-0.3, -0.25) is 4.79 Å². The maximum absolute atomic E-state index is 12.8. The van der Waals surface area contributed by atoms with E-state index in [1.807, 2.05) is 47.4 Å². The Bertz CT molecular complexity index is 1100. The first-order valence-electron chi connectivity index (χ1n) is 11.3. The van der Waals surface area contributed by atoms with Gasteiger partial charge in [0, 0.05) is 31.3 Å². The molecule has 9 nitrogen and oxygen atoms in total. The maximum Gasteiger partial charge on any atom is 0.324 e. The molecule has 34 heavy (non-hydrogen) atoms. The van der Waals surface area contributed by atoms with Gasteiger partial charge in [0.25, 0.3) is 0 Å². The summed E-state index contributed by atoms with van der Waals surface area (Å²) in [5, 5.41) is 7.17. The standard InChI is InChI=1S/C25H30N4O5/c1-31-20-9-7-18(8-10-20)23-27-25(34-28-23)29-14-4-5-19(16-29)24(30)26-13-12-17-6-11-21(32-2)15-22(17)33-3/h6-11,15,19H,4-5,12-14,16H2,1-3H3,(H,26,30)/t19-/m0/s1. The molecule has 0 aliphatic carbocycles. The summed E-state index contributed by atoms with van der Waals surface area (Å²) in [7, 11) is 4.88. The number of amides is 1. The largest absolute Gasteiger partial charge is 0.497 e. The summed E-state index contributed by atoms with van der Waals surface area (Å²) in [6.45, 7) is 1.85. The minimum absolute atomic E-state index is 0.0343. The number of nitrogens with one attached hydrogen (secondary N) is 1. The predicted molar refractivity (Wildman–Crippen MR) is 127 cm³/mol. The molecule has 2 aromatic carbocycles. The zero-order valence-electron chi connectivity index (χ0n) is 19.7. The van der Waals surface area contributed by atoms with Crippen molar-refractivity contribution in [2.24, 2.45) is 5.92 Å². The van der Waals surface area contributed by atoms with Crippen molar-refractivity contribution in [3.05, 3.63) is 48.0 Å². The van der Waals surface area contributed by atoms with Gasteiger partial charge in [-0.25, -0.2) is 0 Å². The third-order valence-corrected chi connectivity index (χ3v) is 6.01. The lowest BCUT2D eigenvalue weighted by atomic mass is 9.97. The highest BCUT2D eigenvalue weighted by atomic mass is 16.5. The first kappa shape index (κ1) is 23.4. The first-order chi connectivity index (χ1) is 16.6. The molecule has 1 amide bonds. The lowest BCUT2D eigenvalue weighted by molar-refractivity contribution is -0.125. The predicted octanol–water partition coefficient (Wildman–Crippen LogP) is 3.34. The number of piperidine rings is 1. The van der Waals surface area contributed by atoms with E-state index in [2.05, 4.69) is 15.5 Å². The Labute approximate surface area is 199 Å². The van der Waals surface area contributed by atoms with Crippen molar-refractivity contribution >= 4 is 11.9 Å². The average molecular weight is 467 g/mol. The van der Waals surface area contributed by atoms with E-state index in [0.717, 1.165) is 47.8 Å². The zero-order valence-corrected chi connectivity index (χ0v) is 19.7. The molecule has 0 saturated carbocycles. The summed E-state index contributed by atoms with van der Waals surface area (Å²) in [5.74, 6) is 2.67. The van der Waals surface area contributed by atoms with Gasteiger partial charge in [0.15, 0.2) is 0 Å². The lowest BCUT2D eigenvalue weighted by Gasteiger charge is -2.30. The fraction of sp³-hybridized carbons (Fsp3) is 0.400. The first-order valence-corrected chi connectivity index (χ1v) is 11.3. The zero-order chi connectivity index (χ0) is 23.9. The van der Waals surface area contributed by atoms with E-state index in [1.54, 1.807) is 21.3 Å². The van der Waals surface area contributed by atoms with Crippen LogP contribution in [-0.2, 0) is 11.2 Å². The minimum Gasteiger partial charge on any atom is -0.497 e. The van der Waals surface area contributed by atoms with Crippen LogP contribution in [0, 0.1) is 5.92 Å². The summed E-state index contributed by atoms with van der Waals surface area (Å²) < 4.78 is 21.4. The van der Waals surface area contributed by atoms with Crippen LogP contribution in [0.5, 0.6) is 17.2 Å². The highest BCUT2D eigenvalue weighted by Gasteiger charge is 2.28. The number of hydrogen-bond acceptors (Lipinski definition) is 8. The number of methoxy groups -OCH3 is 3. The normalized spacial score (nSPS) is 15.6. The lowest BCUT2D eigenvalue weighted by Crippen LogP contribution is -2.43. The second-order valence-corrected chi connectivity index (χ2v) is 8.13. The molecule has 0 bridgehead atoms. The summed E-state index contributed by atoms with van der Waals surface area (Å²) in [6.07, 6.45) is 2.38.